The van der Waals surface area contributed by atoms with E-state index in [1.807, 2.05) is 36.4 Å². The largest absolute Gasteiger partial charge is 0.398 e. The lowest BCUT2D eigenvalue weighted by Gasteiger charge is -2.22. The first-order valence-electron chi connectivity index (χ1n) is 16.5. The van der Waals surface area contributed by atoms with Crippen molar-refractivity contribution in [2.24, 2.45) is 0 Å². The molecular formula is C46H46N2. The summed E-state index contributed by atoms with van der Waals surface area (Å²) in [6, 6.07) is 50.0. The summed E-state index contributed by atoms with van der Waals surface area (Å²) in [6.45, 7) is 17.2. The Bertz CT molecular complexity index is 1850. The van der Waals surface area contributed by atoms with Crippen molar-refractivity contribution in [1.29, 1.82) is 0 Å². The van der Waals surface area contributed by atoms with Gasteiger partial charge in [0, 0.05) is 34.3 Å². The van der Waals surface area contributed by atoms with Crippen LogP contribution in [0.1, 0.15) is 81.3 Å². The molecule has 2 heteroatoms. The first kappa shape index (κ1) is 33.8. The fraction of sp³-hybridized carbons (Fsp3) is 0.130. The minimum atomic E-state index is 0.285. The number of aryl methyl sites for hydroxylation is 2. The molecule has 0 aromatic heterocycles. The van der Waals surface area contributed by atoms with E-state index in [4.69, 9.17) is 11.5 Å². The third kappa shape index (κ3) is 7.67. The van der Waals surface area contributed by atoms with Crippen molar-refractivity contribution in [2.75, 3.05) is 11.5 Å². The second-order valence-electron chi connectivity index (χ2n) is 12.6. The molecule has 0 saturated carbocycles. The van der Waals surface area contributed by atoms with Gasteiger partial charge in [0.2, 0.25) is 0 Å². The van der Waals surface area contributed by atoms with Crippen molar-refractivity contribution < 1.29 is 0 Å². The number of hydrogen-bond donors (Lipinski definition) is 2. The molecule has 0 radical (unpaired) electrons. The van der Waals surface area contributed by atoms with Gasteiger partial charge in [-0.15, -0.1) is 0 Å². The summed E-state index contributed by atoms with van der Waals surface area (Å²) in [7, 11) is 0. The average Bonchev–Trinajstić information content (AvgIpc) is 3.13. The topological polar surface area (TPSA) is 52.0 Å². The third-order valence-corrected chi connectivity index (χ3v) is 9.14. The van der Waals surface area contributed by atoms with Crippen LogP contribution in [0.3, 0.4) is 0 Å². The van der Waals surface area contributed by atoms with Gasteiger partial charge in [0.25, 0.3) is 0 Å². The second kappa shape index (κ2) is 15.3. The molecule has 4 N–H and O–H groups in total. The van der Waals surface area contributed by atoms with E-state index in [1.54, 1.807) is 0 Å². The molecule has 0 aliphatic heterocycles. The van der Waals surface area contributed by atoms with Crippen LogP contribution in [0.4, 0.5) is 11.4 Å². The standard InChI is InChI=1S/C23H25N.C23H21N/c2*1-16-14-21(17(2)19-10-6-4-7-11-19)23(24)22(15-16)18(3)20-12-8-5-9-13-20/h4-15,17-18H,24H2,1-3H3;4-15H,2-3,24H2,1H3/t17-,18-;/m1./s1. The molecule has 6 rings (SSSR count). The SMILES string of the molecule is C=C(c1ccccc1)c1cc(C)cc(C(=C)c2ccccc2)c1N.Cc1cc([C@H](C)c2ccccc2)c(N)c([C@H](C)c2ccccc2)c1. The Morgan fingerprint density at radius 1 is 0.458 bits per heavy atom. The maximum Gasteiger partial charge on any atom is 0.0473 e. The quantitative estimate of drug-likeness (QED) is 0.165. The summed E-state index contributed by atoms with van der Waals surface area (Å²) in [4.78, 5) is 0. The Kier molecular flexibility index (Phi) is 10.8. The van der Waals surface area contributed by atoms with Gasteiger partial charge in [-0.1, -0.05) is 166 Å². The summed E-state index contributed by atoms with van der Waals surface area (Å²) < 4.78 is 0. The van der Waals surface area contributed by atoms with Crippen LogP contribution in [0.2, 0.25) is 0 Å². The monoisotopic (exact) mass is 626 g/mol. The zero-order valence-electron chi connectivity index (χ0n) is 28.6. The van der Waals surface area contributed by atoms with Gasteiger partial charge in [0.05, 0.1) is 0 Å². The van der Waals surface area contributed by atoms with Gasteiger partial charge in [0.15, 0.2) is 0 Å². The highest BCUT2D eigenvalue weighted by Gasteiger charge is 2.19. The van der Waals surface area contributed by atoms with E-state index < -0.39 is 0 Å². The van der Waals surface area contributed by atoms with E-state index in [0.29, 0.717) is 0 Å². The fourth-order valence-electron chi connectivity index (χ4n) is 6.30. The van der Waals surface area contributed by atoms with Crippen LogP contribution in [0, 0.1) is 13.8 Å². The zero-order chi connectivity index (χ0) is 34.2. The molecular weight excluding hydrogens is 581 g/mol. The van der Waals surface area contributed by atoms with Gasteiger partial charge >= 0.3 is 0 Å². The van der Waals surface area contributed by atoms with Crippen LogP contribution in [0.15, 0.2) is 159 Å². The maximum atomic E-state index is 6.63. The Morgan fingerprint density at radius 3 is 1.12 bits per heavy atom. The molecule has 0 saturated heterocycles. The van der Waals surface area contributed by atoms with Crippen molar-refractivity contribution in [3.63, 3.8) is 0 Å². The lowest BCUT2D eigenvalue weighted by atomic mass is 9.84. The van der Waals surface area contributed by atoms with Crippen molar-refractivity contribution in [2.45, 2.75) is 39.5 Å². The van der Waals surface area contributed by atoms with Gasteiger partial charge in [-0.2, -0.15) is 0 Å². The fourth-order valence-corrected chi connectivity index (χ4v) is 6.30. The number of hydrogen-bond acceptors (Lipinski definition) is 2. The molecule has 0 fully saturated rings. The van der Waals surface area contributed by atoms with Crippen LogP contribution >= 0.6 is 0 Å². The smallest absolute Gasteiger partial charge is 0.0473 e. The van der Waals surface area contributed by atoms with Crippen LogP contribution in [0.25, 0.3) is 11.1 Å². The summed E-state index contributed by atoms with van der Waals surface area (Å²) in [5.41, 5.74) is 28.2. The summed E-state index contributed by atoms with van der Waals surface area (Å²) >= 11 is 0. The minimum absolute atomic E-state index is 0.285. The van der Waals surface area contributed by atoms with Crippen LogP contribution < -0.4 is 11.5 Å². The number of rotatable bonds is 8. The van der Waals surface area contributed by atoms with Crippen molar-refractivity contribution in [1.82, 2.24) is 0 Å². The first-order valence-corrected chi connectivity index (χ1v) is 16.5. The Hall–Kier alpha value is -5.60. The Balaban J connectivity index is 0.000000188. The highest BCUT2D eigenvalue weighted by atomic mass is 14.6. The van der Waals surface area contributed by atoms with E-state index in [0.717, 1.165) is 50.3 Å². The number of benzene rings is 6. The van der Waals surface area contributed by atoms with Gasteiger partial charge < -0.3 is 11.5 Å². The van der Waals surface area contributed by atoms with E-state index in [1.165, 1.54) is 27.8 Å². The van der Waals surface area contributed by atoms with Crippen molar-refractivity contribution >= 4 is 22.5 Å². The molecule has 6 aromatic rings. The van der Waals surface area contributed by atoms with Crippen molar-refractivity contribution in [3.8, 4) is 0 Å². The molecule has 6 aromatic carbocycles. The summed E-state index contributed by atoms with van der Waals surface area (Å²) in [6.07, 6.45) is 0. The maximum absolute atomic E-state index is 6.63. The van der Waals surface area contributed by atoms with Crippen LogP contribution in [0.5, 0.6) is 0 Å². The first-order chi connectivity index (χ1) is 23.2. The normalized spacial score (nSPS) is 11.9. The third-order valence-electron chi connectivity index (χ3n) is 9.14. The molecule has 2 atom stereocenters. The summed E-state index contributed by atoms with van der Waals surface area (Å²) in [5, 5.41) is 0. The highest BCUT2D eigenvalue weighted by Crippen LogP contribution is 2.37. The van der Waals surface area contributed by atoms with E-state index >= 15 is 0 Å². The summed E-state index contributed by atoms with van der Waals surface area (Å²) in [5.74, 6) is 0.570. The lowest BCUT2D eigenvalue weighted by molar-refractivity contribution is 0.889. The predicted molar refractivity (Wildman–Crippen MR) is 208 cm³/mol. The van der Waals surface area contributed by atoms with E-state index in [9.17, 15) is 0 Å². The minimum Gasteiger partial charge on any atom is -0.398 e. The lowest BCUT2D eigenvalue weighted by Crippen LogP contribution is -2.08. The number of anilines is 2. The number of nitrogens with two attached hydrogens (primary N) is 2. The van der Waals surface area contributed by atoms with Gasteiger partial charge in [0.1, 0.15) is 0 Å². The van der Waals surface area contributed by atoms with Crippen LogP contribution in [-0.2, 0) is 0 Å². The molecule has 0 amide bonds. The Labute approximate surface area is 287 Å². The van der Waals surface area contributed by atoms with Crippen LogP contribution in [-0.4, -0.2) is 0 Å². The predicted octanol–water partition coefficient (Wildman–Crippen LogP) is 11.6. The van der Waals surface area contributed by atoms with Gasteiger partial charge in [-0.05, 0) is 76.1 Å². The second-order valence-corrected chi connectivity index (χ2v) is 12.6. The average molecular weight is 627 g/mol. The molecule has 0 bridgehead atoms. The molecule has 240 valence electrons. The highest BCUT2D eigenvalue weighted by molar-refractivity contribution is 5.92. The molecule has 48 heavy (non-hydrogen) atoms. The Morgan fingerprint density at radius 2 is 0.771 bits per heavy atom. The molecule has 0 aliphatic carbocycles. The van der Waals surface area contributed by atoms with Gasteiger partial charge in [-0.3, -0.25) is 0 Å². The zero-order valence-corrected chi connectivity index (χ0v) is 28.6. The van der Waals surface area contributed by atoms with Crippen molar-refractivity contribution in [3.05, 3.63) is 214 Å². The molecule has 0 aliphatic rings. The molecule has 0 spiro atoms. The van der Waals surface area contributed by atoms with E-state index in [2.05, 4.69) is 150 Å². The number of nitrogen functional groups attached to an aromatic ring is 2. The molecule has 2 nitrogen and oxygen atoms in total. The molecule has 0 unspecified atom stereocenters. The van der Waals surface area contributed by atoms with Gasteiger partial charge in [-0.25, -0.2) is 0 Å². The van der Waals surface area contributed by atoms with E-state index in [-0.39, 0.29) is 11.8 Å². The molecule has 0 heterocycles.